The zero-order valence-electron chi connectivity index (χ0n) is 11.4. The van der Waals surface area contributed by atoms with Crippen molar-refractivity contribution in [3.05, 3.63) is 0 Å². The van der Waals surface area contributed by atoms with Crippen molar-refractivity contribution in [1.82, 2.24) is 0 Å². The summed E-state index contributed by atoms with van der Waals surface area (Å²) in [5.41, 5.74) is 0. The van der Waals surface area contributed by atoms with Gasteiger partial charge in [0.2, 0.25) is 0 Å². The number of carbonyl (C=O) groups excluding carboxylic acids is 1. The first-order valence-corrected chi connectivity index (χ1v) is 5.99. The predicted octanol–water partition coefficient (Wildman–Crippen LogP) is 1.68. The first-order chi connectivity index (χ1) is 8.50. The number of hydrogen-bond donors (Lipinski definition) is 2. The van der Waals surface area contributed by atoms with E-state index < -0.39 is 36.0 Å². The third-order valence-corrected chi connectivity index (χ3v) is 2.49. The van der Waals surface area contributed by atoms with E-state index in [1.165, 1.54) is 13.8 Å². The molecule has 0 heterocycles. The maximum Gasteiger partial charge on any atom is 0.380 e. The van der Waals surface area contributed by atoms with E-state index in [0.29, 0.717) is 0 Å². The number of aliphatic hydroxyl groups excluding tert-OH is 1. The van der Waals surface area contributed by atoms with Crippen molar-refractivity contribution in [1.29, 1.82) is 0 Å². The van der Waals surface area contributed by atoms with Crippen LogP contribution in [0.4, 0.5) is 8.78 Å². The molecule has 0 aromatic rings. The highest BCUT2D eigenvalue weighted by atomic mass is 19.3. The summed E-state index contributed by atoms with van der Waals surface area (Å²) in [7, 11) is 0. The van der Waals surface area contributed by atoms with Gasteiger partial charge in [-0.05, 0) is 18.3 Å². The number of carbonyl (C=O) groups is 2. The minimum atomic E-state index is -4.13. The number of aliphatic hydroxyl groups is 1. The Labute approximate surface area is 110 Å². The van der Waals surface area contributed by atoms with E-state index in [4.69, 9.17) is 5.11 Å². The number of ether oxygens (including phenoxy) is 1. The van der Waals surface area contributed by atoms with Crippen molar-refractivity contribution < 1.29 is 33.3 Å². The lowest BCUT2D eigenvalue weighted by molar-refractivity contribution is -0.201. The summed E-state index contributed by atoms with van der Waals surface area (Å²) in [5, 5.41) is 18.1. The van der Waals surface area contributed by atoms with E-state index in [-0.39, 0.29) is 12.3 Å². The molecule has 19 heavy (non-hydrogen) atoms. The second-order valence-corrected chi connectivity index (χ2v) is 5.17. The summed E-state index contributed by atoms with van der Waals surface area (Å²) in [4.78, 5) is 22.1. The highest BCUT2D eigenvalue weighted by Gasteiger charge is 2.50. The van der Waals surface area contributed by atoms with E-state index in [9.17, 15) is 23.5 Å². The van der Waals surface area contributed by atoms with Gasteiger partial charge in [-0.1, -0.05) is 27.7 Å². The van der Waals surface area contributed by atoms with Gasteiger partial charge in [0.25, 0.3) is 0 Å². The van der Waals surface area contributed by atoms with E-state index in [0.717, 1.165) is 0 Å². The molecule has 0 aliphatic rings. The SMILES string of the molecule is CC(C)CC(OC(=O)C(F)(F)C(O)C(C)C)C(=O)O. The molecule has 2 N–H and O–H groups in total. The lowest BCUT2D eigenvalue weighted by atomic mass is 10.0. The number of carboxylic acids is 1. The number of esters is 1. The minimum Gasteiger partial charge on any atom is -0.479 e. The largest absolute Gasteiger partial charge is 0.479 e. The van der Waals surface area contributed by atoms with Crippen LogP contribution in [0.2, 0.25) is 0 Å². The van der Waals surface area contributed by atoms with Gasteiger partial charge in [0.1, 0.15) is 6.10 Å². The lowest BCUT2D eigenvalue weighted by Crippen LogP contribution is -2.47. The average molecular weight is 282 g/mol. The van der Waals surface area contributed by atoms with Crippen molar-refractivity contribution in [2.75, 3.05) is 0 Å². The van der Waals surface area contributed by atoms with Crippen LogP contribution in [-0.4, -0.2) is 40.3 Å². The Morgan fingerprint density at radius 3 is 2.00 bits per heavy atom. The van der Waals surface area contributed by atoms with E-state index in [1.54, 1.807) is 13.8 Å². The molecule has 2 atom stereocenters. The second kappa shape index (κ2) is 6.79. The fraction of sp³-hybridized carbons (Fsp3) is 0.833. The van der Waals surface area contributed by atoms with Crippen LogP contribution in [0.1, 0.15) is 34.1 Å². The molecule has 7 heteroatoms. The third kappa shape index (κ3) is 5.10. The van der Waals surface area contributed by atoms with Crippen molar-refractivity contribution in [3.63, 3.8) is 0 Å². The number of rotatable bonds is 7. The number of alkyl halides is 2. The first-order valence-electron chi connectivity index (χ1n) is 5.99. The van der Waals surface area contributed by atoms with Crippen molar-refractivity contribution in [3.8, 4) is 0 Å². The van der Waals surface area contributed by atoms with Crippen LogP contribution in [0.25, 0.3) is 0 Å². The molecule has 0 aromatic carbocycles. The molecule has 0 aliphatic heterocycles. The molecule has 0 rings (SSSR count). The van der Waals surface area contributed by atoms with Crippen LogP contribution < -0.4 is 0 Å². The molecule has 0 spiro atoms. The van der Waals surface area contributed by atoms with Crippen LogP contribution in [-0.2, 0) is 14.3 Å². The Balaban J connectivity index is 4.85. The Morgan fingerprint density at radius 2 is 1.68 bits per heavy atom. The molecule has 0 amide bonds. The van der Waals surface area contributed by atoms with Gasteiger partial charge in [-0.3, -0.25) is 0 Å². The van der Waals surface area contributed by atoms with Gasteiger partial charge >= 0.3 is 17.9 Å². The summed E-state index contributed by atoms with van der Waals surface area (Å²) < 4.78 is 31.3. The van der Waals surface area contributed by atoms with Crippen LogP contribution in [0.5, 0.6) is 0 Å². The molecule has 0 saturated heterocycles. The first kappa shape index (κ1) is 17.8. The summed E-state index contributed by atoms with van der Waals surface area (Å²) in [6, 6.07) is 0. The molecule has 112 valence electrons. The minimum absolute atomic E-state index is 0.0745. The maximum absolute atomic E-state index is 13.5. The predicted molar refractivity (Wildman–Crippen MR) is 62.8 cm³/mol. The molecule has 0 bridgehead atoms. The summed E-state index contributed by atoms with van der Waals surface area (Å²) in [6.45, 7) is 5.97. The average Bonchev–Trinajstić information content (AvgIpc) is 2.25. The Kier molecular flexibility index (Phi) is 6.35. The van der Waals surface area contributed by atoms with Gasteiger partial charge in [-0.2, -0.15) is 8.78 Å². The van der Waals surface area contributed by atoms with E-state index >= 15 is 0 Å². The summed E-state index contributed by atoms with van der Waals surface area (Å²) in [5.74, 6) is -8.63. The fourth-order valence-electron chi connectivity index (χ4n) is 1.37. The van der Waals surface area contributed by atoms with Crippen LogP contribution in [0.3, 0.4) is 0 Å². The molecule has 5 nitrogen and oxygen atoms in total. The smallest absolute Gasteiger partial charge is 0.380 e. The topological polar surface area (TPSA) is 83.8 Å². The van der Waals surface area contributed by atoms with Gasteiger partial charge in [0.05, 0.1) is 0 Å². The van der Waals surface area contributed by atoms with Crippen molar-refractivity contribution in [2.45, 2.75) is 52.2 Å². The zero-order valence-corrected chi connectivity index (χ0v) is 11.4. The van der Waals surface area contributed by atoms with E-state index in [1.807, 2.05) is 0 Å². The molecule has 0 saturated carbocycles. The fourth-order valence-corrected chi connectivity index (χ4v) is 1.37. The van der Waals surface area contributed by atoms with Crippen LogP contribution in [0, 0.1) is 11.8 Å². The quantitative estimate of drug-likeness (QED) is 0.694. The summed E-state index contributed by atoms with van der Waals surface area (Å²) in [6.07, 6.45) is -3.93. The molecule has 2 unspecified atom stereocenters. The Morgan fingerprint density at radius 1 is 1.21 bits per heavy atom. The van der Waals surface area contributed by atoms with Crippen molar-refractivity contribution >= 4 is 11.9 Å². The number of carboxylic acid groups (broad SMARTS) is 1. The second-order valence-electron chi connectivity index (χ2n) is 5.17. The van der Waals surface area contributed by atoms with E-state index in [2.05, 4.69) is 4.74 Å². The molecule has 0 aliphatic carbocycles. The molecule has 0 fully saturated rings. The Bertz CT molecular complexity index is 328. The standard InChI is InChI=1S/C12H20F2O5/c1-6(2)5-8(10(16)17)19-11(18)12(13,14)9(15)7(3)4/h6-9,15H,5H2,1-4H3,(H,16,17). The van der Waals surface area contributed by atoms with Crippen molar-refractivity contribution in [2.24, 2.45) is 11.8 Å². The van der Waals surface area contributed by atoms with Gasteiger partial charge in [0.15, 0.2) is 6.10 Å². The Hall–Kier alpha value is -1.24. The number of halogens is 2. The highest BCUT2D eigenvalue weighted by Crippen LogP contribution is 2.27. The van der Waals surface area contributed by atoms with Gasteiger partial charge in [-0.15, -0.1) is 0 Å². The zero-order chi connectivity index (χ0) is 15.4. The normalized spacial score (nSPS) is 15.4. The monoisotopic (exact) mass is 282 g/mol. The van der Waals surface area contributed by atoms with Crippen LogP contribution in [0.15, 0.2) is 0 Å². The van der Waals surface area contributed by atoms with Gasteiger partial charge in [0, 0.05) is 0 Å². The lowest BCUT2D eigenvalue weighted by Gasteiger charge is -2.25. The number of hydrogen-bond acceptors (Lipinski definition) is 4. The molecule has 0 radical (unpaired) electrons. The molecular weight excluding hydrogens is 262 g/mol. The third-order valence-electron chi connectivity index (χ3n) is 2.49. The van der Waals surface area contributed by atoms with Crippen LogP contribution >= 0.6 is 0 Å². The summed E-state index contributed by atoms with van der Waals surface area (Å²) >= 11 is 0. The van der Waals surface area contributed by atoms with Gasteiger partial charge in [-0.25, -0.2) is 9.59 Å². The molecule has 0 aromatic heterocycles. The highest BCUT2D eigenvalue weighted by molar-refractivity contribution is 5.82. The van der Waals surface area contributed by atoms with Gasteiger partial charge < -0.3 is 14.9 Å². The number of aliphatic carboxylic acids is 1. The maximum atomic E-state index is 13.5. The molecular formula is C12H20F2O5.